The van der Waals surface area contributed by atoms with Gasteiger partial charge in [0, 0.05) is 18.8 Å². The molecular formula is C17H11F5N2O. The summed E-state index contributed by atoms with van der Waals surface area (Å²) in [5, 5.41) is 0. The van der Waals surface area contributed by atoms with Crippen molar-refractivity contribution in [1.29, 1.82) is 0 Å². The predicted molar refractivity (Wildman–Crippen MR) is 80.4 cm³/mol. The fourth-order valence-corrected chi connectivity index (χ4v) is 2.42. The van der Waals surface area contributed by atoms with E-state index in [1.54, 1.807) is 31.3 Å². The molecule has 0 aliphatic heterocycles. The molecule has 0 N–H and O–H groups in total. The Bertz CT molecular complexity index is 922. The van der Waals surface area contributed by atoms with Crippen LogP contribution in [-0.2, 0) is 7.05 Å². The predicted octanol–water partition coefficient (Wildman–Crippen LogP) is 4.46. The van der Waals surface area contributed by atoms with Crippen LogP contribution in [0.5, 0.6) is 5.75 Å². The maximum absolute atomic E-state index is 13.9. The smallest absolute Gasteiger partial charge is 0.200 e. The molecule has 0 amide bonds. The van der Waals surface area contributed by atoms with Crippen molar-refractivity contribution >= 4 is 0 Å². The summed E-state index contributed by atoms with van der Waals surface area (Å²) >= 11 is 0. The van der Waals surface area contributed by atoms with E-state index in [0.717, 1.165) is 0 Å². The van der Waals surface area contributed by atoms with Crippen molar-refractivity contribution in [3.8, 4) is 28.4 Å². The summed E-state index contributed by atoms with van der Waals surface area (Å²) in [4.78, 5) is 4.03. The molecule has 0 fully saturated rings. The zero-order valence-corrected chi connectivity index (χ0v) is 13.1. The van der Waals surface area contributed by atoms with E-state index in [2.05, 4.69) is 4.98 Å². The van der Waals surface area contributed by atoms with Gasteiger partial charge < -0.3 is 9.30 Å². The maximum Gasteiger partial charge on any atom is 0.200 e. The van der Waals surface area contributed by atoms with Gasteiger partial charge in [0.05, 0.1) is 18.4 Å². The van der Waals surface area contributed by atoms with Crippen LogP contribution in [0.2, 0.25) is 0 Å². The number of halogens is 5. The van der Waals surface area contributed by atoms with E-state index in [4.69, 9.17) is 4.74 Å². The molecule has 3 aromatic rings. The Hall–Kier alpha value is -2.90. The first-order valence-corrected chi connectivity index (χ1v) is 7.04. The lowest BCUT2D eigenvalue weighted by atomic mass is 10.1. The lowest BCUT2D eigenvalue weighted by Crippen LogP contribution is -2.04. The fraction of sp³-hybridized carbons (Fsp3) is 0.118. The first kappa shape index (κ1) is 16.9. The number of hydrogen-bond acceptors (Lipinski definition) is 2. The van der Waals surface area contributed by atoms with E-state index in [0.29, 0.717) is 17.1 Å². The molecule has 0 bridgehead atoms. The second-order valence-electron chi connectivity index (χ2n) is 5.23. The SMILES string of the molecule is COc1ccc(-c2nc(-c3c(F)c(F)c(F)c(F)c3F)cn2C)cc1. The van der Waals surface area contributed by atoms with E-state index in [1.165, 1.54) is 17.9 Å². The summed E-state index contributed by atoms with van der Waals surface area (Å²) in [7, 11) is 3.04. The third kappa shape index (κ3) is 2.73. The standard InChI is InChI=1S/C17H11F5N2O/c1-24-7-10(11-12(18)14(20)16(22)15(21)13(11)19)23-17(24)8-3-5-9(25-2)6-4-8/h3-7H,1-2H3. The van der Waals surface area contributed by atoms with Crippen LogP contribution >= 0.6 is 0 Å². The minimum absolute atomic E-state index is 0.293. The van der Waals surface area contributed by atoms with Crippen molar-refractivity contribution in [2.75, 3.05) is 7.11 Å². The van der Waals surface area contributed by atoms with Crippen molar-refractivity contribution in [1.82, 2.24) is 9.55 Å². The number of nitrogens with zero attached hydrogens (tertiary/aromatic N) is 2. The summed E-state index contributed by atoms with van der Waals surface area (Å²) in [5.74, 6) is -9.17. The average molecular weight is 354 g/mol. The highest BCUT2D eigenvalue weighted by atomic mass is 19.2. The number of imidazole rings is 1. The number of rotatable bonds is 3. The number of methoxy groups -OCH3 is 1. The number of hydrogen-bond donors (Lipinski definition) is 0. The molecule has 0 unspecified atom stereocenters. The van der Waals surface area contributed by atoms with Gasteiger partial charge in [-0.1, -0.05) is 0 Å². The molecule has 0 atom stereocenters. The molecule has 0 radical (unpaired) electrons. The molecule has 0 saturated carbocycles. The van der Waals surface area contributed by atoms with Gasteiger partial charge in [0.15, 0.2) is 23.3 Å². The summed E-state index contributed by atoms with van der Waals surface area (Å²) in [5.41, 5.74) is -0.841. The molecule has 1 aromatic heterocycles. The molecule has 2 aromatic carbocycles. The van der Waals surface area contributed by atoms with Crippen molar-refractivity contribution in [3.63, 3.8) is 0 Å². The van der Waals surface area contributed by atoms with Gasteiger partial charge in [-0.2, -0.15) is 0 Å². The highest BCUT2D eigenvalue weighted by Gasteiger charge is 2.28. The molecule has 0 saturated heterocycles. The van der Waals surface area contributed by atoms with Gasteiger partial charge in [-0.3, -0.25) is 0 Å². The van der Waals surface area contributed by atoms with Gasteiger partial charge in [-0.25, -0.2) is 26.9 Å². The van der Waals surface area contributed by atoms with Crippen molar-refractivity contribution in [2.24, 2.45) is 7.05 Å². The maximum atomic E-state index is 13.9. The van der Waals surface area contributed by atoms with E-state index < -0.39 is 34.6 Å². The van der Waals surface area contributed by atoms with Crippen molar-refractivity contribution < 1.29 is 26.7 Å². The Kier molecular flexibility index (Phi) is 4.20. The Labute approximate surface area is 139 Å². The zero-order chi connectivity index (χ0) is 18.3. The van der Waals surface area contributed by atoms with E-state index in [-0.39, 0.29) is 5.69 Å². The third-order valence-corrected chi connectivity index (χ3v) is 3.69. The highest BCUT2D eigenvalue weighted by molar-refractivity contribution is 5.66. The molecule has 3 rings (SSSR count). The first-order chi connectivity index (χ1) is 11.8. The number of ether oxygens (including phenoxy) is 1. The second kappa shape index (κ2) is 6.19. The van der Waals surface area contributed by atoms with Gasteiger partial charge in [-0.15, -0.1) is 0 Å². The van der Waals surface area contributed by atoms with Crippen LogP contribution in [0.15, 0.2) is 30.5 Å². The number of aryl methyl sites for hydroxylation is 1. The zero-order valence-electron chi connectivity index (χ0n) is 13.1. The van der Waals surface area contributed by atoms with Crippen molar-refractivity contribution in [3.05, 3.63) is 59.5 Å². The summed E-state index contributed by atoms with van der Waals surface area (Å²) in [6, 6.07) is 6.62. The fourth-order valence-electron chi connectivity index (χ4n) is 2.42. The van der Waals surface area contributed by atoms with Crippen LogP contribution < -0.4 is 4.74 Å². The monoisotopic (exact) mass is 354 g/mol. The minimum atomic E-state index is -2.20. The van der Waals surface area contributed by atoms with E-state index in [1.807, 2.05) is 0 Å². The quantitative estimate of drug-likeness (QED) is 0.395. The minimum Gasteiger partial charge on any atom is -0.497 e. The van der Waals surface area contributed by atoms with Crippen molar-refractivity contribution in [2.45, 2.75) is 0 Å². The molecule has 0 spiro atoms. The highest BCUT2D eigenvalue weighted by Crippen LogP contribution is 2.32. The van der Waals surface area contributed by atoms with Gasteiger partial charge >= 0.3 is 0 Å². The molecular weight excluding hydrogens is 343 g/mol. The third-order valence-electron chi connectivity index (χ3n) is 3.69. The van der Waals surface area contributed by atoms with Crippen LogP contribution in [0.3, 0.4) is 0 Å². The van der Waals surface area contributed by atoms with Gasteiger partial charge in [0.1, 0.15) is 11.6 Å². The lowest BCUT2D eigenvalue weighted by Gasteiger charge is -2.05. The van der Waals surface area contributed by atoms with Crippen LogP contribution in [0.25, 0.3) is 22.6 Å². The summed E-state index contributed by atoms with van der Waals surface area (Å²) in [6.07, 6.45) is 1.19. The van der Waals surface area contributed by atoms with E-state index in [9.17, 15) is 22.0 Å². The number of aromatic nitrogens is 2. The summed E-state index contributed by atoms with van der Waals surface area (Å²) in [6.45, 7) is 0. The Morgan fingerprint density at radius 3 is 1.88 bits per heavy atom. The van der Waals surface area contributed by atoms with Crippen LogP contribution in [-0.4, -0.2) is 16.7 Å². The largest absolute Gasteiger partial charge is 0.497 e. The van der Waals surface area contributed by atoms with Crippen LogP contribution in [0, 0.1) is 29.1 Å². The first-order valence-electron chi connectivity index (χ1n) is 7.04. The molecule has 1 heterocycles. The molecule has 3 nitrogen and oxygen atoms in total. The Morgan fingerprint density at radius 2 is 1.36 bits per heavy atom. The van der Waals surface area contributed by atoms with Gasteiger partial charge in [0.2, 0.25) is 5.82 Å². The Balaban J connectivity index is 2.15. The molecule has 8 heteroatoms. The average Bonchev–Trinajstić information content (AvgIpc) is 3.00. The van der Waals surface area contributed by atoms with E-state index >= 15 is 0 Å². The summed E-state index contributed by atoms with van der Waals surface area (Å²) < 4.78 is 74.3. The molecule has 25 heavy (non-hydrogen) atoms. The number of benzene rings is 2. The molecule has 0 aliphatic carbocycles. The van der Waals surface area contributed by atoms with Gasteiger partial charge in [0.25, 0.3) is 0 Å². The topological polar surface area (TPSA) is 27.1 Å². The van der Waals surface area contributed by atoms with Crippen LogP contribution in [0.1, 0.15) is 0 Å². The molecule has 130 valence electrons. The second-order valence-corrected chi connectivity index (χ2v) is 5.23. The molecule has 0 aliphatic rings. The van der Waals surface area contributed by atoms with Gasteiger partial charge in [-0.05, 0) is 24.3 Å². The Morgan fingerprint density at radius 1 is 0.840 bits per heavy atom. The normalized spacial score (nSPS) is 11.0. The van der Waals surface area contributed by atoms with Crippen LogP contribution in [0.4, 0.5) is 22.0 Å². The lowest BCUT2D eigenvalue weighted by molar-refractivity contribution is 0.381.